The molecule has 27 heavy (non-hydrogen) atoms. The maximum Gasteiger partial charge on any atom is 0.180 e. The Kier molecular flexibility index (Phi) is 6.15. The Bertz CT molecular complexity index is 932. The van der Waals surface area contributed by atoms with Gasteiger partial charge in [0.15, 0.2) is 11.5 Å². The number of nitrogens with zero attached hydrogens (tertiary/aromatic N) is 1. The molecular formula is C23H22ClNO2. The number of halogens is 1. The van der Waals surface area contributed by atoms with Gasteiger partial charge in [-0.1, -0.05) is 59.1 Å². The van der Waals surface area contributed by atoms with Crippen LogP contribution in [0.15, 0.2) is 65.7 Å². The number of rotatable bonds is 6. The van der Waals surface area contributed by atoms with Crippen molar-refractivity contribution in [1.82, 2.24) is 0 Å². The summed E-state index contributed by atoms with van der Waals surface area (Å²) in [4.78, 5) is 4.49. The van der Waals surface area contributed by atoms with Crippen LogP contribution in [0.25, 0.3) is 0 Å². The van der Waals surface area contributed by atoms with Crippen LogP contribution in [0.5, 0.6) is 11.5 Å². The molecule has 0 atom stereocenters. The van der Waals surface area contributed by atoms with Crippen LogP contribution in [0, 0.1) is 13.8 Å². The maximum atomic E-state index is 6.44. The summed E-state index contributed by atoms with van der Waals surface area (Å²) in [7, 11) is 1.60. The van der Waals surface area contributed by atoms with E-state index in [2.05, 4.69) is 24.0 Å². The van der Waals surface area contributed by atoms with E-state index in [0.29, 0.717) is 23.1 Å². The van der Waals surface area contributed by atoms with E-state index in [4.69, 9.17) is 21.1 Å². The number of hydrogen-bond donors (Lipinski definition) is 0. The Morgan fingerprint density at radius 3 is 2.19 bits per heavy atom. The van der Waals surface area contributed by atoms with Crippen molar-refractivity contribution < 1.29 is 9.47 Å². The van der Waals surface area contributed by atoms with Gasteiger partial charge in [0.2, 0.25) is 0 Å². The molecule has 0 aliphatic rings. The van der Waals surface area contributed by atoms with Crippen LogP contribution >= 0.6 is 11.6 Å². The van der Waals surface area contributed by atoms with Crippen molar-refractivity contribution in [3.8, 4) is 11.5 Å². The smallest absolute Gasteiger partial charge is 0.180 e. The Labute approximate surface area is 165 Å². The standard InChI is InChI=1S/C23H22ClNO2/c1-16-4-8-18(9-5-16)15-27-23-21(24)12-19(13-22(23)26-3)14-25-20-10-6-17(2)7-11-20/h4-14H,15H2,1-3H3. The number of aliphatic imine (C=N–C) groups is 1. The first kappa shape index (κ1) is 19.0. The van der Waals surface area contributed by atoms with Gasteiger partial charge in [-0.05, 0) is 49.2 Å². The van der Waals surface area contributed by atoms with E-state index in [0.717, 1.165) is 16.8 Å². The summed E-state index contributed by atoms with van der Waals surface area (Å²) in [5.74, 6) is 1.12. The van der Waals surface area contributed by atoms with Gasteiger partial charge in [0.05, 0.1) is 17.8 Å². The zero-order valence-electron chi connectivity index (χ0n) is 15.7. The summed E-state index contributed by atoms with van der Waals surface area (Å²) in [6.45, 7) is 4.53. The number of benzene rings is 3. The lowest BCUT2D eigenvalue weighted by Crippen LogP contribution is -1.99. The van der Waals surface area contributed by atoms with Crippen LogP contribution in [0.2, 0.25) is 5.02 Å². The SMILES string of the molecule is COc1cc(C=Nc2ccc(C)cc2)cc(Cl)c1OCc1ccc(C)cc1. The molecule has 4 heteroatoms. The van der Waals surface area contributed by atoms with Crippen LogP contribution in [0.3, 0.4) is 0 Å². The minimum Gasteiger partial charge on any atom is -0.493 e. The summed E-state index contributed by atoms with van der Waals surface area (Å²) in [5.41, 5.74) is 5.22. The molecule has 0 bridgehead atoms. The van der Waals surface area contributed by atoms with Crippen LogP contribution in [-0.2, 0) is 6.61 Å². The fraction of sp³-hybridized carbons (Fsp3) is 0.174. The van der Waals surface area contributed by atoms with E-state index in [1.165, 1.54) is 11.1 Å². The molecule has 0 radical (unpaired) electrons. The van der Waals surface area contributed by atoms with Crippen molar-refractivity contribution in [3.05, 3.63) is 87.9 Å². The van der Waals surface area contributed by atoms with Gasteiger partial charge >= 0.3 is 0 Å². The van der Waals surface area contributed by atoms with Gasteiger partial charge in [-0.3, -0.25) is 4.99 Å². The highest BCUT2D eigenvalue weighted by atomic mass is 35.5. The topological polar surface area (TPSA) is 30.8 Å². The second-order valence-electron chi connectivity index (χ2n) is 6.40. The molecule has 0 saturated heterocycles. The number of aryl methyl sites for hydroxylation is 2. The van der Waals surface area contributed by atoms with Crippen molar-refractivity contribution in [3.63, 3.8) is 0 Å². The molecule has 3 nitrogen and oxygen atoms in total. The Hall–Kier alpha value is -2.78. The van der Waals surface area contributed by atoms with Gasteiger partial charge in [-0.15, -0.1) is 0 Å². The first-order chi connectivity index (χ1) is 13.0. The average molecular weight is 380 g/mol. The molecule has 3 rings (SSSR count). The second-order valence-corrected chi connectivity index (χ2v) is 6.81. The normalized spacial score (nSPS) is 11.0. The molecule has 0 heterocycles. The summed E-state index contributed by atoms with van der Waals surface area (Å²) in [5, 5.41) is 0.492. The monoisotopic (exact) mass is 379 g/mol. The average Bonchev–Trinajstić information content (AvgIpc) is 2.67. The lowest BCUT2D eigenvalue weighted by molar-refractivity contribution is 0.284. The predicted octanol–water partition coefficient (Wildman–Crippen LogP) is 6.30. The maximum absolute atomic E-state index is 6.44. The largest absolute Gasteiger partial charge is 0.493 e. The third-order valence-corrected chi connectivity index (χ3v) is 4.43. The number of ether oxygens (including phenoxy) is 2. The van der Waals surface area contributed by atoms with Crippen LogP contribution in [-0.4, -0.2) is 13.3 Å². The van der Waals surface area contributed by atoms with E-state index in [1.54, 1.807) is 13.3 Å². The highest BCUT2D eigenvalue weighted by Crippen LogP contribution is 2.36. The molecule has 138 valence electrons. The summed E-state index contributed by atoms with van der Waals surface area (Å²) in [6.07, 6.45) is 1.77. The third-order valence-electron chi connectivity index (χ3n) is 4.15. The molecule has 3 aromatic rings. The molecule has 0 fully saturated rings. The quantitative estimate of drug-likeness (QED) is 0.471. The van der Waals surface area contributed by atoms with Gasteiger partial charge in [0.1, 0.15) is 6.61 Å². The summed E-state index contributed by atoms with van der Waals surface area (Å²) in [6, 6.07) is 19.9. The van der Waals surface area contributed by atoms with Crippen molar-refractivity contribution in [2.75, 3.05) is 7.11 Å². The zero-order valence-corrected chi connectivity index (χ0v) is 16.5. The van der Waals surface area contributed by atoms with E-state index in [-0.39, 0.29) is 0 Å². The number of methoxy groups -OCH3 is 1. The lowest BCUT2D eigenvalue weighted by atomic mass is 10.1. The molecule has 0 aliphatic carbocycles. The highest BCUT2D eigenvalue weighted by molar-refractivity contribution is 6.32. The van der Waals surface area contributed by atoms with E-state index >= 15 is 0 Å². The highest BCUT2D eigenvalue weighted by Gasteiger charge is 2.12. The Balaban J connectivity index is 1.77. The molecule has 0 saturated carbocycles. The van der Waals surface area contributed by atoms with Gasteiger partial charge in [0, 0.05) is 6.21 Å². The van der Waals surface area contributed by atoms with E-state index < -0.39 is 0 Å². The van der Waals surface area contributed by atoms with Gasteiger partial charge in [-0.25, -0.2) is 0 Å². The van der Waals surface area contributed by atoms with Gasteiger partial charge in [-0.2, -0.15) is 0 Å². The van der Waals surface area contributed by atoms with E-state index in [1.807, 2.05) is 55.5 Å². The van der Waals surface area contributed by atoms with Gasteiger partial charge < -0.3 is 9.47 Å². The van der Waals surface area contributed by atoms with Crippen molar-refractivity contribution in [2.45, 2.75) is 20.5 Å². The van der Waals surface area contributed by atoms with Crippen LogP contribution < -0.4 is 9.47 Å². The van der Waals surface area contributed by atoms with Crippen LogP contribution in [0.4, 0.5) is 5.69 Å². The lowest BCUT2D eigenvalue weighted by Gasteiger charge is -2.13. The second kappa shape index (κ2) is 8.74. The molecule has 0 unspecified atom stereocenters. The van der Waals surface area contributed by atoms with Crippen LogP contribution in [0.1, 0.15) is 22.3 Å². The van der Waals surface area contributed by atoms with Crippen molar-refractivity contribution in [1.29, 1.82) is 0 Å². The molecule has 0 aliphatic heterocycles. The third kappa shape index (κ3) is 5.11. The number of hydrogen-bond acceptors (Lipinski definition) is 3. The molecular weight excluding hydrogens is 358 g/mol. The molecule has 3 aromatic carbocycles. The Morgan fingerprint density at radius 2 is 1.56 bits per heavy atom. The minimum atomic E-state index is 0.424. The molecule has 0 amide bonds. The van der Waals surface area contributed by atoms with E-state index in [9.17, 15) is 0 Å². The minimum absolute atomic E-state index is 0.424. The van der Waals surface area contributed by atoms with Gasteiger partial charge in [0.25, 0.3) is 0 Å². The fourth-order valence-electron chi connectivity index (χ4n) is 2.57. The molecule has 0 N–H and O–H groups in total. The molecule has 0 aromatic heterocycles. The van der Waals surface area contributed by atoms with Crippen molar-refractivity contribution >= 4 is 23.5 Å². The zero-order chi connectivity index (χ0) is 19.2. The van der Waals surface area contributed by atoms with Crippen molar-refractivity contribution in [2.24, 2.45) is 4.99 Å². The first-order valence-corrected chi connectivity index (χ1v) is 9.09. The fourth-order valence-corrected chi connectivity index (χ4v) is 2.85. The Morgan fingerprint density at radius 1 is 0.926 bits per heavy atom. The first-order valence-electron chi connectivity index (χ1n) is 8.72. The summed E-state index contributed by atoms with van der Waals surface area (Å²) < 4.78 is 11.4. The predicted molar refractivity (Wildman–Crippen MR) is 112 cm³/mol. The summed E-state index contributed by atoms with van der Waals surface area (Å²) >= 11 is 6.44. The molecule has 0 spiro atoms.